The van der Waals surface area contributed by atoms with Gasteiger partial charge in [-0.2, -0.15) is 0 Å². The minimum absolute atomic E-state index is 0.854. The monoisotopic (exact) mass is 1170 g/mol. The number of anilines is 6. The number of rotatable bonds is 8. The highest BCUT2D eigenvalue weighted by Crippen LogP contribution is 2.66. The van der Waals surface area contributed by atoms with Gasteiger partial charge in [0.1, 0.15) is 0 Å². The van der Waals surface area contributed by atoms with Crippen molar-refractivity contribution in [1.29, 1.82) is 0 Å². The van der Waals surface area contributed by atoms with Crippen molar-refractivity contribution in [1.82, 2.24) is 13.7 Å². The molecule has 2 aliphatic rings. The summed E-state index contributed by atoms with van der Waals surface area (Å²) in [6.07, 6.45) is 0. The summed E-state index contributed by atoms with van der Waals surface area (Å²) in [6.45, 7) is 0. The summed E-state index contributed by atoms with van der Waals surface area (Å²) in [6, 6.07) is 125. The number of nitrogens with zero attached hydrogens (tertiary/aromatic N) is 5. The van der Waals surface area contributed by atoms with Crippen LogP contribution in [0, 0.1) is 0 Å². The molecule has 1 spiro atoms. The van der Waals surface area contributed by atoms with E-state index in [1.807, 2.05) is 0 Å². The molecule has 20 rings (SSSR count). The molecule has 1 aliphatic heterocycles. The number of aromatic nitrogens is 3. The maximum atomic E-state index is 2.61. The first-order chi connectivity index (χ1) is 45.7. The molecule has 0 atom stereocenters. The van der Waals surface area contributed by atoms with Gasteiger partial charge in [0.15, 0.2) is 0 Å². The molecule has 0 N–H and O–H groups in total. The zero-order valence-corrected chi connectivity index (χ0v) is 50.0. The van der Waals surface area contributed by atoms with E-state index < -0.39 is 5.41 Å². The van der Waals surface area contributed by atoms with Crippen molar-refractivity contribution in [2.24, 2.45) is 0 Å². The molecule has 92 heavy (non-hydrogen) atoms. The zero-order valence-electron chi connectivity index (χ0n) is 50.0. The predicted molar refractivity (Wildman–Crippen MR) is 385 cm³/mol. The molecule has 0 saturated heterocycles. The second-order valence-corrected chi connectivity index (χ2v) is 24.7. The molecule has 0 amide bonds. The third-order valence-electron chi connectivity index (χ3n) is 20.1. The molecular weight excluding hydrogens is 1110 g/mol. The average molecular weight is 1170 g/mol. The summed E-state index contributed by atoms with van der Waals surface area (Å²) in [7, 11) is 0. The molecule has 0 bridgehead atoms. The van der Waals surface area contributed by atoms with E-state index >= 15 is 0 Å². The fourth-order valence-corrected chi connectivity index (χ4v) is 16.6. The Morgan fingerprint density at radius 2 is 0.576 bits per heavy atom. The van der Waals surface area contributed by atoms with Crippen molar-refractivity contribution < 1.29 is 0 Å². The molecule has 428 valence electrons. The maximum absolute atomic E-state index is 2.61. The molecule has 18 aromatic rings. The molecule has 4 heterocycles. The maximum Gasteiger partial charge on any atom is 0.0756 e. The van der Waals surface area contributed by atoms with Crippen LogP contribution in [0.2, 0.25) is 0 Å². The molecule has 3 aromatic heterocycles. The van der Waals surface area contributed by atoms with Crippen molar-refractivity contribution >= 4 is 121 Å². The number of hydrogen-bond acceptors (Lipinski definition) is 2. The predicted octanol–water partition coefficient (Wildman–Crippen LogP) is 22.9. The third-order valence-corrected chi connectivity index (χ3v) is 20.1. The van der Waals surface area contributed by atoms with Gasteiger partial charge in [-0.05, 0) is 165 Å². The highest BCUT2D eigenvalue weighted by Gasteiger charge is 2.53. The summed E-state index contributed by atoms with van der Waals surface area (Å²) in [5.74, 6) is 0. The second kappa shape index (κ2) is 19.4. The van der Waals surface area contributed by atoms with E-state index in [-0.39, 0.29) is 0 Å². The molecule has 15 aromatic carbocycles. The number of para-hydroxylation sites is 9. The van der Waals surface area contributed by atoms with Gasteiger partial charge in [0.25, 0.3) is 0 Å². The van der Waals surface area contributed by atoms with Gasteiger partial charge in [0, 0.05) is 77.2 Å². The Morgan fingerprint density at radius 3 is 1.07 bits per heavy atom. The van der Waals surface area contributed by atoms with Crippen LogP contribution in [-0.2, 0) is 5.41 Å². The van der Waals surface area contributed by atoms with Crippen molar-refractivity contribution in [3.63, 3.8) is 0 Å². The summed E-state index contributed by atoms with van der Waals surface area (Å²) in [5.41, 5.74) is 23.8. The minimum atomic E-state index is -0.854. The lowest BCUT2D eigenvalue weighted by atomic mass is 9.65. The van der Waals surface area contributed by atoms with Crippen LogP contribution in [0.5, 0.6) is 0 Å². The van der Waals surface area contributed by atoms with Gasteiger partial charge >= 0.3 is 0 Å². The molecule has 0 unspecified atom stereocenters. The van der Waals surface area contributed by atoms with Crippen LogP contribution >= 0.6 is 0 Å². The topological polar surface area (TPSA) is 21.3 Å². The highest BCUT2D eigenvalue weighted by atomic mass is 15.2. The number of hydrogen-bond donors (Lipinski definition) is 0. The highest BCUT2D eigenvalue weighted by molar-refractivity contribution is 6.21. The van der Waals surface area contributed by atoms with Crippen LogP contribution in [0.25, 0.3) is 115 Å². The summed E-state index contributed by atoms with van der Waals surface area (Å²) >= 11 is 0. The average Bonchev–Trinajstić information content (AvgIpc) is 1.47. The molecule has 0 fully saturated rings. The number of fused-ring (bicyclic) bond motifs is 22. The molecule has 0 saturated carbocycles. The van der Waals surface area contributed by atoms with E-state index in [9.17, 15) is 0 Å². The first kappa shape index (κ1) is 50.8. The van der Waals surface area contributed by atoms with E-state index in [2.05, 4.69) is 357 Å². The fraction of sp³-hybridized carbons (Fsp3) is 0.0115. The Morgan fingerprint density at radius 1 is 0.217 bits per heavy atom. The van der Waals surface area contributed by atoms with Gasteiger partial charge in [-0.1, -0.05) is 212 Å². The molecule has 1 aliphatic carbocycles. The first-order valence-electron chi connectivity index (χ1n) is 31.8. The van der Waals surface area contributed by atoms with Crippen molar-refractivity contribution in [3.8, 4) is 28.2 Å². The van der Waals surface area contributed by atoms with E-state index in [1.54, 1.807) is 0 Å². The van der Waals surface area contributed by atoms with Gasteiger partial charge in [-0.3, -0.25) is 0 Å². The van der Waals surface area contributed by atoms with Gasteiger partial charge in [-0.25, -0.2) is 0 Å². The minimum Gasteiger partial charge on any atom is -0.310 e. The Kier molecular flexibility index (Phi) is 10.7. The van der Waals surface area contributed by atoms with Crippen LogP contribution in [-0.4, -0.2) is 13.7 Å². The van der Waals surface area contributed by atoms with Gasteiger partial charge in [0.05, 0.1) is 55.6 Å². The van der Waals surface area contributed by atoms with Crippen molar-refractivity contribution in [2.45, 2.75) is 5.41 Å². The lowest BCUT2D eigenvalue weighted by Gasteiger charge is -2.40. The Labute approximate surface area is 531 Å². The largest absolute Gasteiger partial charge is 0.310 e. The van der Waals surface area contributed by atoms with Gasteiger partial charge < -0.3 is 23.5 Å². The quantitative estimate of drug-likeness (QED) is 0.151. The Bertz CT molecular complexity index is 5790. The lowest BCUT2D eigenvalue weighted by Crippen LogP contribution is -2.34. The van der Waals surface area contributed by atoms with Crippen LogP contribution in [0.4, 0.5) is 34.1 Å². The summed E-state index contributed by atoms with van der Waals surface area (Å²) in [4.78, 5) is 5.07. The lowest BCUT2D eigenvalue weighted by molar-refractivity contribution is 0.749. The molecule has 5 heteroatoms. The third kappa shape index (κ3) is 6.91. The Hall–Kier alpha value is -12.2. The summed E-state index contributed by atoms with van der Waals surface area (Å²) in [5, 5.41) is 12.0. The fourth-order valence-electron chi connectivity index (χ4n) is 16.6. The number of benzene rings is 15. The van der Waals surface area contributed by atoms with Gasteiger partial charge in [0.2, 0.25) is 0 Å². The van der Waals surface area contributed by atoms with Crippen LogP contribution in [0.3, 0.4) is 0 Å². The van der Waals surface area contributed by atoms with Gasteiger partial charge in [-0.15, -0.1) is 0 Å². The second-order valence-electron chi connectivity index (χ2n) is 24.7. The van der Waals surface area contributed by atoms with Crippen LogP contribution in [0.15, 0.2) is 334 Å². The summed E-state index contributed by atoms with van der Waals surface area (Å²) < 4.78 is 7.39. The molecule has 5 nitrogen and oxygen atoms in total. The molecule has 0 radical (unpaired) electrons. The van der Waals surface area contributed by atoms with Crippen LogP contribution in [0.1, 0.15) is 22.3 Å². The SMILES string of the molecule is c1ccc(N(c2ccc3c(c2)c2ccccc2n3-c2ccccc2)c2cc3c(c4ccccc24)-c2c(cc(N(c4ccccc4)c4ccc5c(c4)c4ccccc4n5-c4ccccc4)c4ccccc24)C32c3ccccc3-n3c4ccccc4c4cccc2c43)cc1. The normalized spacial score (nSPS) is 12.9. The van der Waals surface area contributed by atoms with Crippen LogP contribution < -0.4 is 9.80 Å². The van der Waals surface area contributed by atoms with E-state index in [4.69, 9.17) is 0 Å². The molecular formula is C87H55N5. The van der Waals surface area contributed by atoms with Crippen molar-refractivity contribution in [2.75, 3.05) is 9.80 Å². The smallest absolute Gasteiger partial charge is 0.0756 e. The zero-order chi connectivity index (χ0) is 60.2. The Balaban J connectivity index is 0.919. The van der Waals surface area contributed by atoms with E-state index in [1.165, 1.54) is 115 Å². The first-order valence-corrected chi connectivity index (χ1v) is 31.8. The standard InChI is InChI=1S/C87H55N5/c1-5-26-56(27-6-1)88(60-48-50-79-70(52-60)65-37-18-21-44-76(65)90(79)58-30-9-3-10-31-58)82-54-74-84(67-39-15-13-34-62(67)82)85-68-40-16-14-35-63(68)83(55-75(85)87(74)72-42-20-24-47-81(72)92-78-46-23-17-36-64(78)69-41-25-43-73(87)86(69)92)89(57-28-7-2-8-29-57)61-49-51-80-71(53-61)66-38-19-22-45-77(66)91(80)59-32-11-4-12-33-59/h1-55H. The van der Waals surface area contributed by atoms with E-state index in [0.717, 1.165) is 56.5 Å². The van der Waals surface area contributed by atoms with Crippen molar-refractivity contribution in [3.05, 3.63) is 356 Å². The van der Waals surface area contributed by atoms with E-state index in [0.29, 0.717) is 0 Å².